The van der Waals surface area contributed by atoms with Crippen LogP contribution in [0.25, 0.3) is 0 Å². The van der Waals surface area contributed by atoms with E-state index in [1.165, 1.54) is 5.69 Å². The van der Waals surface area contributed by atoms with Crippen LogP contribution in [0.3, 0.4) is 0 Å². The largest absolute Gasteiger partial charge is 0.490 e. The van der Waals surface area contributed by atoms with Crippen LogP contribution in [0.15, 0.2) is 48.8 Å². The fourth-order valence-electron chi connectivity index (χ4n) is 3.59. The van der Waals surface area contributed by atoms with Crippen molar-refractivity contribution in [3.8, 4) is 11.5 Å². The summed E-state index contributed by atoms with van der Waals surface area (Å²) in [5, 5.41) is 0. The molecule has 1 saturated heterocycles. The summed E-state index contributed by atoms with van der Waals surface area (Å²) < 4.78 is 11.5. The summed E-state index contributed by atoms with van der Waals surface area (Å²) in [5.74, 6) is 1.18. The summed E-state index contributed by atoms with van der Waals surface area (Å²) in [6.45, 7) is 6.63. The summed E-state index contributed by atoms with van der Waals surface area (Å²) >= 11 is 0. The zero-order valence-electron chi connectivity index (χ0n) is 16.8. The van der Waals surface area contributed by atoms with Crippen LogP contribution < -0.4 is 14.4 Å². The molecule has 1 aliphatic heterocycles. The van der Waals surface area contributed by atoms with Gasteiger partial charge in [0.2, 0.25) is 0 Å². The number of piperidine rings is 1. The number of nitrogens with zero attached hydrogens (tertiary/aromatic N) is 2. The number of rotatable bonds is 8. The second-order valence-electron chi connectivity index (χ2n) is 7.39. The molecule has 1 aliphatic rings. The molecule has 1 atom stereocenters. The van der Waals surface area contributed by atoms with E-state index in [0.717, 1.165) is 38.8 Å². The molecule has 1 aromatic carbocycles. The average Bonchev–Trinajstić information content (AvgIpc) is 2.75. The van der Waals surface area contributed by atoms with E-state index in [4.69, 9.17) is 9.47 Å². The van der Waals surface area contributed by atoms with Gasteiger partial charge in [-0.25, -0.2) is 0 Å². The Morgan fingerprint density at radius 2 is 1.82 bits per heavy atom. The van der Waals surface area contributed by atoms with Crippen LogP contribution in [0.5, 0.6) is 11.5 Å². The van der Waals surface area contributed by atoms with Gasteiger partial charge in [-0.05, 0) is 49.4 Å². The molecule has 1 fully saturated rings. The standard InChI is InChI=1S/C23H30N2O3/c1-3-4-17-27-21-7-5-6-8-22(21)28-23(26)18(2)19-11-15-25(16-12-19)20-9-13-24-14-10-20/h5-10,13-14,18-19H,3-4,11-12,15-17H2,1-2H3. The smallest absolute Gasteiger partial charge is 0.314 e. The SMILES string of the molecule is CCCCOc1ccccc1OC(=O)C(C)C1CCN(c2ccncc2)CC1. The predicted octanol–water partition coefficient (Wildman–Crippen LogP) is 4.72. The number of pyridine rings is 1. The van der Waals surface area contributed by atoms with Gasteiger partial charge in [0, 0.05) is 31.2 Å². The van der Waals surface area contributed by atoms with E-state index in [2.05, 4.69) is 16.8 Å². The highest BCUT2D eigenvalue weighted by Crippen LogP contribution is 2.31. The molecule has 2 heterocycles. The van der Waals surface area contributed by atoms with E-state index < -0.39 is 0 Å². The molecule has 0 N–H and O–H groups in total. The van der Waals surface area contributed by atoms with Crippen molar-refractivity contribution in [3.63, 3.8) is 0 Å². The van der Waals surface area contributed by atoms with Crippen molar-refractivity contribution in [1.29, 1.82) is 0 Å². The van der Waals surface area contributed by atoms with Crippen LogP contribution in [-0.4, -0.2) is 30.6 Å². The molecule has 5 heteroatoms. The Morgan fingerprint density at radius 1 is 1.14 bits per heavy atom. The Kier molecular flexibility index (Phi) is 7.29. The van der Waals surface area contributed by atoms with Gasteiger partial charge in [0.25, 0.3) is 0 Å². The molecule has 0 spiro atoms. The Morgan fingerprint density at radius 3 is 2.50 bits per heavy atom. The Labute approximate surface area is 167 Å². The second kappa shape index (κ2) is 10.1. The number of aromatic nitrogens is 1. The highest BCUT2D eigenvalue weighted by atomic mass is 16.6. The summed E-state index contributed by atoms with van der Waals surface area (Å²) in [6.07, 6.45) is 7.65. The molecule has 28 heavy (non-hydrogen) atoms. The topological polar surface area (TPSA) is 51.7 Å². The van der Waals surface area contributed by atoms with Crippen molar-refractivity contribution in [3.05, 3.63) is 48.8 Å². The highest BCUT2D eigenvalue weighted by Gasteiger charge is 2.30. The number of esters is 1. The monoisotopic (exact) mass is 382 g/mol. The first kappa shape index (κ1) is 20.2. The molecule has 5 nitrogen and oxygen atoms in total. The third-order valence-electron chi connectivity index (χ3n) is 5.46. The summed E-state index contributed by atoms with van der Waals surface area (Å²) in [5.41, 5.74) is 1.20. The fourth-order valence-corrected chi connectivity index (χ4v) is 3.59. The van der Waals surface area contributed by atoms with Gasteiger partial charge in [-0.15, -0.1) is 0 Å². The number of ether oxygens (including phenoxy) is 2. The zero-order chi connectivity index (χ0) is 19.8. The van der Waals surface area contributed by atoms with Crippen molar-refractivity contribution in [2.24, 2.45) is 11.8 Å². The number of hydrogen-bond donors (Lipinski definition) is 0. The van der Waals surface area contributed by atoms with Crippen molar-refractivity contribution < 1.29 is 14.3 Å². The average molecular weight is 383 g/mol. The van der Waals surface area contributed by atoms with E-state index in [1.807, 2.05) is 49.6 Å². The molecule has 0 aliphatic carbocycles. The van der Waals surface area contributed by atoms with Crippen LogP contribution in [-0.2, 0) is 4.79 Å². The first-order chi connectivity index (χ1) is 13.7. The van der Waals surface area contributed by atoms with Gasteiger partial charge >= 0.3 is 5.97 Å². The molecule has 3 rings (SSSR count). The summed E-state index contributed by atoms with van der Waals surface area (Å²) in [4.78, 5) is 19.2. The van der Waals surface area contributed by atoms with Crippen molar-refractivity contribution in [1.82, 2.24) is 4.98 Å². The molecule has 0 saturated carbocycles. The second-order valence-corrected chi connectivity index (χ2v) is 7.39. The molecule has 2 aromatic rings. The maximum Gasteiger partial charge on any atom is 0.314 e. The third kappa shape index (κ3) is 5.24. The molecule has 0 radical (unpaired) electrons. The van der Waals surface area contributed by atoms with Crippen LogP contribution >= 0.6 is 0 Å². The molecule has 0 bridgehead atoms. The maximum absolute atomic E-state index is 12.7. The van der Waals surface area contributed by atoms with Crippen LogP contribution in [0.2, 0.25) is 0 Å². The van der Waals surface area contributed by atoms with Gasteiger partial charge in [0.05, 0.1) is 12.5 Å². The van der Waals surface area contributed by atoms with Gasteiger partial charge < -0.3 is 14.4 Å². The highest BCUT2D eigenvalue weighted by molar-refractivity contribution is 5.76. The number of carbonyl (C=O) groups is 1. The molecule has 1 unspecified atom stereocenters. The lowest BCUT2D eigenvalue weighted by Gasteiger charge is -2.35. The van der Waals surface area contributed by atoms with Gasteiger partial charge in [-0.1, -0.05) is 32.4 Å². The van der Waals surface area contributed by atoms with Crippen molar-refractivity contribution >= 4 is 11.7 Å². The van der Waals surface area contributed by atoms with Gasteiger partial charge in [-0.3, -0.25) is 9.78 Å². The number of benzene rings is 1. The first-order valence-corrected chi connectivity index (χ1v) is 10.3. The number of carbonyl (C=O) groups excluding carboxylic acids is 1. The molecular formula is C23H30N2O3. The van der Waals surface area contributed by atoms with Crippen LogP contribution in [0.4, 0.5) is 5.69 Å². The van der Waals surface area contributed by atoms with E-state index in [9.17, 15) is 4.79 Å². The Hall–Kier alpha value is -2.56. The van der Waals surface area contributed by atoms with Gasteiger partial charge in [-0.2, -0.15) is 0 Å². The minimum atomic E-state index is -0.172. The van der Waals surface area contributed by atoms with E-state index in [0.29, 0.717) is 24.0 Å². The van der Waals surface area contributed by atoms with E-state index in [1.54, 1.807) is 6.07 Å². The molecule has 0 amide bonds. The lowest BCUT2D eigenvalue weighted by molar-refractivity contribution is -0.140. The summed E-state index contributed by atoms with van der Waals surface area (Å²) in [7, 11) is 0. The molecule has 1 aromatic heterocycles. The third-order valence-corrected chi connectivity index (χ3v) is 5.46. The number of para-hydroxylation sites is 2. The number of hydrogen-bond acceptors (Lipinski definition) is 5. The predicted molar refractivity (Wildman–Crippen MR) is 111 cm³/mol. The number of anilines is 1. The lowest BCUT2D eigenvalue weighted by Crippen LogP contribution is -2.38. The Balaban J connectivity index is 1.54. The summed E-state index contributed by atoms with van der Waals surface area (Å²) in [6, 6.07) is 11.5. The van der Waals surface area contributed by atoms with Gasteiger partial charge in [0.15, 0.2) is 11.5 Å². The first-order valence-electron chi connectivity index (χ1n) is 10.3. The minimum Gasteiger partial charge on any atom is -0.490 e. The minimum absolute atomic E-state index is 0.136. The number of unbranched alkanes of at least 4 members (excludes halogenated alkanes) is 1. The normalized spacial score (nSPS) is 15.9. The fraction of sp³-hybridized carbons (Fsp3) is 0.478. The lowest BCUT2D eigenvalue weighted by atomic mass is 9.85. The molecule has 150 valence electrons. The van der Waals surface area contributed by atoms with Crippen molar-refractivity contribution in [2.45, 2.75) is 39.5 Å². The Bertz CT molecular complexity index is 743. The van der Waals surface area contributed by atoms with E-state index >= 15 is 0 Å². The maximum atomic E-state index is 12.7. The quantitative estimate of drug-likeness (QED) is 0.376. The molecular weight excluding hydrogens is 352 g/mol. The van der Waals surface area contributed by atoms with Crippen molar-refractivity contribution in [2.75, 3.05) is 24.6 Å². The van der Waals surface area contributed by atoms with Crippen LogP contribution in [0, 0.1) is 11.8 Å². The zero-order valence-corrected chi connectivity index (χ0v) is 16.8. The van der Waals surface area contributed by atoms with Crippen LogP contribution in [0.1, 0.15) is 39.5 Å². The van der Waals surface area contributed by atoms with Gasteiger partial charge in [0.1, 0.15) is 0 Å². The van der Waals surface area contributed by atoms with E-state index in [-0.39, 0.29) is 11.9 Å².